The molecule has 8 heteroatoms. The third-order valence-corrected chi connectivity index (χ3v) is 5.43. The van der Waals surface area contributed by atoms with E-state index < -0.39 is 10.0 Å². The van der Waals surface area contributed by atoms with Gasteiger partial charge in [0.25, 0.3) is 5.91 Å². The number of nitrogens with one attached hydrogen (secondary N) is 1. The van der Waals surface area contributed by atoms with Crippen LogP contribution in [0, 0.1) is 0 Å². The van der Waals surface area contributed by atoms with Crippen LogP contribution in [-0.2, 0) is 10.0 Å². The molecule has 1 aromatic carbocycles. The number of piperidine rings is 1. The highest BCUT2D eigenvalue weighted by Crippen LogP contribution is 2.18. The third-order valence-electron chi connectivity index (χ3n) is 3.79. The molecule has 1 aliphatic heterocycles. The molecule has 0 bridgehead atoms. The monoisotopic (exact) mass is 361 g/mol. The lowest BCUT2D eigenvalue weighted by Crippen LogP contribution is -2.47. The second kappa shape index (κ2) is 8.52. The smallest absolute Gasteiger partial charge is 0.255 e. The number of anilines is 1. The van der Waals surface area contributed by atoms with Gasteiger partial charge in [0, 0.05) is 24.8 Å². The van der Waals surface area contributed by atoms with Crippen LogP contribution >= 0.6 is 12.4 Å². The molecule has 1 aromatic rings. The number of para-hydroxylation sites is 1. The Bertz CT molecular complexity index is 629. The number of hydrogen-bond acceptors (Lipinski definition) is 4. The van der Waals surface area contributed by atoms with E-state index in [4.69, 9.17) is 5.73 Å². The van der Waals surface area contributed by atoms with Gasteiger partial charge in [-0.1, -0.05) is 19.1 Å². The first kappa shape index (κ1) is 19.7. The van der Waals surface area contributed by atoms with Gasteiger partial charge < -0.3 is 10.6 Å². The van der Waals surface area contributed by atoms with Gasteiger partial charge in [0.2, 0.25) is 10.0 Å². The first-order chi connectivity index (χ1) is 10.4. The van der Waals surface area contributed by atoms with Crippen molar-refractivity contribution in [2.75, 3.05) is 24.6 Å². The molecule has 23 heavy (non-hydrogen) atoms. The van der Waals surface area contributed by atoms with Crippen molar-refractivity contribution in [2.24, 2.45) is 0 Å². The van der Waals surface area contributed by atoms with Gasteiger partial charge in [-0.2, -0.15) is 0 Å². The van der Waals surface area contributed by atoms with Crippen LogP contribution in [0.3, 0.4) is 0 Å². The summed E-state index contributed by atoms with van der Waals surface area (Å²) in [6.45, 7) is 2.91. The molecule has 1 saturated heterocycles. The van der Waals surface area contributed by atoms with Crippen LogP contribution in [0.2, 0.25) is 0 Å². The first-order valence-corrected chi connectivity index (χ1v) is 9.22. The molecule has 0 aromatic heterocycles. The fourth-order valence-corrected chi connectivity index (χ4v) is 4.04. The SMILES string of the molecule is CCCS(=O)(=O)NC1CCN(C(=O)c2ccccc2N)CC1.Cl. The van der Waals surface area contributed by atoms with Crippen LogP contribution in [0.25, 0.3) is 0 Å². The van der Waals surface area contributed by atoms with E-state index in [-0.39, 0.29) is 30.1 Å². The van der Waals surface area contributed by atoms with Crippen molar-refractivity contribution in [2.45, 2.75) is 32.2 Å². The Kier molecular flexibility index (Phi) is 7.31. The molecule has 0 saturated carbocycles. The van der Waals surface area contributed by atoms with Gasteiger partial charge in [-0.15, -0.1) is 12.4 Å². The van der Waals surface area contributed by atoms with E-state index in [1.54, 1.807) is 29.2 Å². The fourth-order valence-electron chi connectivity index (χ4n) is 2.64. The van der Waals surface area contributed by atoms with Crippen LogP contribution in [0.5, 0.6) is 0 Å². The number of carbonyl (C=O) groups is 1. The Morgan fingerprint density at radius 3 is 2.48 bits per heavy atom. The number of nitrogens with two attached hydrogens (primary N) is 1. The average molecular weight is 362 g/mol. The minimum Gasteiger partial charge on any atom is -0.398 e. The van der Waals surface area contributed by atoms with E-state index in [1.165, 1.54) is 0 Å². The number of carbonyl (C=O) groups excluding carboxylic acids is 1. The lowest BCUT2D eigenvalue weighted by Gasteiger charge is -2.32. The minimum absolute atomic E-state index is 0. The van der Waals surface area contributed by atoms with E-state index in [0.717, 1.165) is 0 Å². The predicted octanol–water partition coefficient (Wildman–Crippen LogP) is 1.62. The van der Waals surface area contributed by atoms with Gasteiger partial charge in [-0.25, -0.2) is 13.1 Å². The minimum atomic E-state index is -3.20. The molecule has 0 aliphatic carbocycles. The average Bonchev–Trinajstić information content (AvgIpc) is 2.47. The number of sulfonamides is 1. The molecular formula is C15H24ClN3O3S. The Balaban J connectivity index is 0.00000264. The summed E-state index contributed by atoms with van der Waals surface area (Å²) < 4.78 is 26.3. The van der Waals surface area contributed by atoms with Crippen LogP contribution in [0.4, 0.5) is 5.69 Å². The summed E-state index contributed by atoms with van der Waals surface area (Å²) in [4.78, 5) is 14.2. The zero-order valence-corrected chi connectivity index (χ0v) is 14.8. The quantitative estimate of drug-likeness (QED) is 0.779. The topological polar surface area (TPSA) is 92.5 Å². The van der Waals surface area contributed by atoms with Crippen LogP contribution < -0.4 is 10.5 Å². The summed E-state index contributed by atoms with van der Waals surface area (Å²) in [5.74, 6) is 0.0557. The zero-order valence-electron chi connectivity index (χ0n) is 13.2. The number of amides is 1. The number of nitrogens with zero attached hydrogens (tertiary/aromatic N) is 1. The summed E-state index contributed by atoms with van der Waals surface area (Å²) >= 11 is 0. The molecule has 130 valence electrons. The van der Waals surface area contributed by atoms with Crippen LogP contribution in [0.1, 0.15) is 36.5 Å². The highest BCUT2D eigenvalue weighted by Gasteiger charge is 2.26. The zero-order chi connectivity index (χ0) is 16.2. The predicted molar refractivity (Wildman–Crippen MR) is 94.2 cm³/mol. The molecule has 3 N–H and O–H groups in total. The van der Waals surface area contributed by atoms with Gasteiger partial charge in [0.05, 0.1) is 11.3 Å². The van der Waals surface area contributed by atoms with Crippen LogP contribution in [0.15, 0.2) is 24.3 Å². The number of likely N-dealkylation sites (tertiary alicyclic amines) is 1. The van der Waals surface area contributed by atoms with Gasteiger partial charge in [-0.05, 0) is 31.4 Å². The Morgan fingerprint density at radius 1 is 1.30 bits per heavy atom. The number of nitrogen functional groups attached to an aromatic ring is 1. The molecule has 1 heterocycles. The molecule has 0 atom stereocenters. The van der Waals surface area contributed by atoms with Crippen molar-refractivity contribution in [3.05, 3.63) is 29.8 Å². The van der Waals surface area contributed by atoms with Crippen molar-refractivity contribution in [3.8, 4) is 0 Å². The highest BCUT2D eigenvalue weighted by molar-refractivity contribution is 7.89. The van der Waals surface area contributed by atoms with Crippen molar-refractivity contribution < 1.29 is 13.2 Å². The van der Waals surface area contributed by atoms with Crippen molar-refractivity contribution >= 4 is 34.0 Å². The second-order valence-corrected chi connectivity index (χ2v) is 7.46. The summed E-state index contributed by atoms with van der Waals surface area (Å²) in [7, 11) is -3.20. The Morgan fingerprint density at radius 2 is 1.91 bits per heavy atom. The summed E-state index contributed by atoms with van der Waals surface area (Å²) in [5.41, 5.74) is 6.81. The van der Waals surface area contributed by atoms with E-state index in [2.05, 4.69) is 4.72 Å². The number of benzene rings is 1. The molecule has 1 aliphatic rings. The first-order valence-electron chi connectivity index (χ1n) is 7.56. The summed E-state index contributed by atoms with van der Waals surface area (Å²) in [6.07, 6.45) is 1.85. The molecule has 0 radical (unpaired) electrons. The van der Waals surface area contributed by atoms with Crippen LogP contribution in [-0.4, -0.2) is 44.1 Å². The maximum atomic E-state index is 12.4. The van der Waals surface area contributed by atoms with Gasteiger partial charge in [0.15, 0.2) is 0 Å². The number of rotatable bonds is 5. The van der Waals surface area contributed by atoms with Gasteiger partial charge >= 0.3 is 0 Å². The van der Waals surface area contributed by atoms with E-state index >= 15 is 0 Å². The molecule has 1 fully saturated rings. The summed E-state index contributed by atoms with van der Waals surface area (Å²) in [6, 6.07) is 6.91. The largest absolute Gasteiger partial charge is 0.398 e. The fraction of sp³-hybridized carbons (Fsp3) is 0.533. The number of halogens is 1. The Labute approximate surface area is 143 Å². The lowest BCUT2D eigenvalue weighted by atomic mass is 10.0. The molecule has 6 nitrogen and oxygen atoms in total. The highest BCUT2D eigenvalue weighted by atomic mass is 35.5. The van der Waals surface area contributed by atoms with E-state index in [0.29, 0.717) is 43.6 Å². The van der Waals surface area contributed by atoms with Crippen molar-refractivity contribution in [1.29, 1.82) is 0 Å². The molecule has 0 spiro atoms. The molecule has 0 unspecified atom stereocenters. The molecule has 2 rings (SSSR count). The molecule has 1 amide bonds. The van der Waals surface area contributed by atoms with E-state index in [9.17, 15) is 13.2 Å². The van der Waals surface area contributed by atoms with Gasteiger partial charge in [-0.3, -0.25) is 4.79 Å². The second-order valence-electron chi connectivity index (χ2n) is 5.59. The van der Waals surface area contributed by atoms with Crippen molar-refractivity contribution in [1.82, 2.24) is 9.62 Å². The van der Waals surface area contributed by atoms with Crippen molar-refractivity contribution in [3.63, 3.8) is 0 Å². The summed E-state index contributed by atoms with van der Waals surface area (Å²) in [5, 5.41) is 0. The maximum Gasteiger partial charge on any atom is 0.255 e. The number of hydrogen-bond donors (Lipinski definition) is 2. The van der Waals surface area contributed by atoms with E-state index in [1.807, 2.05) is 6.92 Å². The maximum absolute atomic E-state index is 12.4. The lowest BCUT2D eigenvalue weighted by molar-refractivity contribution is 0.0712. The Hall–Kier alpha value is -1.31. The third kappa shape index (κ3) is 5.37. The normalized spacial score (nSPS) is 16.0. The molecular weight excluding hydrogens is 338 g/mol. The van der Waals surface area contributed by atoms with Gasteiger partial charge in [0.1, 0.15) is 0 Å². The standard InChI is InChI=1S/C15H23N3O3S.ClH/c1-2-11-22(20,21)17-12-7-9-18(10-8-12)15(19)13-5-3-4-6-14(13)16;/h3-6,12,17H,2,7-11,16H2,1H3;1H.